The van der Waals surface area contributed by atoms with E-state index in [-0.39, 0.29) is 12.3 Å². The fourth-order valence-electron chi connectivity index (χ4n) is 1.98. The zero-order chi connectivity index (χ0) is 18.1. The van der Waals surface area contributed by atoms with Gasteiger partial charge in [-0.15, -0.1) is 6.42 Å². The van der Waals surface area contributed by atoms with Crippen molar-refractivity contribution < 1.29 is 14.4 Å². The van der Waals surface area contributed by atoms with Gasteiger partial charge in [0.25, 0.3) is 5.69 Å². The number of nitrogens with zero attached hydrogens (tertiary/aromatic N) is 2. The van der Waals surface area contributed by atoms with E-state index in [1.54, 1.807) is 36.5 Å². The van der Waals surface area contributed by atoms with Gasteiger partial charge in [-0.05, 0) is 36.8 Å². The molecule has 0 saturated heterocycles. The average Bonchev–Trinajstić information content (AvgIpc) is 2.61. The normalized spacial score (nSPS) is 10.2. The maximum atomic E-state index is 10.8. The molecule has 0 spiro atoms. The molecule has 0 heterocycles. The lowest BCUT2D eigenvalue weighted by molar-refractivity contribution is -0.384. The molecule has 0 amide bonds. The summed E-state index contributed by atoms with van der Waals surface area (Å²) >= 11 is 0. The molecule has 0 radical (unpaired) electrons. The van der Waals surface area contributed by atoms with Crippen LogP contribution in [0, 0.1) is 22.5 Å². The summed E-state index contributed by atoms with van der Waals surface area (Å²) in [6, 6.07) is 11.4. The summed E-state index contributed by atoms with van der Waals surface area (Å²) in [4.78, 5) is 10.3. The molecule has 7 heteroatoms. The van der Waals surface area contributed by atoms with Gasteiger partial charge in [-0.2, -0.15) is 5.10 Å². The molecule has 7 nitrogen and oxygen atoms in total. The molecule has 0 bridgehead atoms. The van der Waals surface area contributed by atoms with Crippen LogP contribution in [0.3, 0.4) is 0 Å². The van der Waals surface area contributed by atoms with Crippen molar-refractivity contribution in [3.8, 4) is 23.8 Å². The largest absolute Gasteiger partial charge is 0.490 e. The number of benzene rings is 2. The molecule has 128 valence electrons. The summed E-state index contributed by atoms with van der Waals surface area (Å²) in [5, 5.41) is 14.8. The quantitative estimate of drug-likeness (QED) is 0.344. The van der Waals surface area contributed by atoms with Crippen molar-refractivity contribution in [3.63, 3.8) is 0 Å². The highest BCUT2D eigenvalue weighted by molar-refractivity contribution is 5.81. The molecule has 2 aromatic rings. The van der Waals surface area contributed by atoms with Crippen molar-refractivity contribution in [2.75, 3.05) is 18.6 Å². The molecule has 1 N–H and O–H groups in total. The van der Waals surface area contributed by atoms with Crippen molar-refractivity contribution in [2.45, 2.75) is 6.92 Å². The third kappa shape index (κ3) is 5.25. The highest BCUT2D eigenvalue weighted by atomic mass is 16.6. The number of non-ortho nitro benzene ring substituents is 1. The first kappa shape index (κ1) is 17.8. The fourth-order valence-corrected chi connectivity index (χ4v) is 1.98. The Morgan fingerprint density at radius 3 is 2.84 bits per heavy atom. The van der Waals surface area contributed by atoms with E-state index in [0.29, 0.717) is 23.8 Å². The molecule has 0 saturated carbocycles. The topological polar surface area (TPSA) is 86.0 Å². The van der Waals surface area contributed by atoms with Gasteiger partial charge >= 0.3 is 0 Å². The van der Waals surface area contributed by atoms with Crippen molar-refractivity contribution >= 4 is 17.6 Å². The number of nitrogens with one attached hydrogen (secondary N) is 1. The minimum Gasteiger partial charge on any atom is -0.490 e. The summed E-state index contributed by atoms with van der Waals surface area (Å²) in [5.74, 6) is 3.53. The third-order valence-electron chi connectivity index (χ3n) is 3.04. The Morgan fingerprint density at radius 1 is 1.28 bits per heavy atom. The molecule has 0 aliphatic carbocycles. The first-order valence-corrected chi connectivity index (χ1v) is 7.50. The van der Waals surface area contributed by atoms with Crippen molar-refractivity contribution in [2.24, 2.45) is 5.10 Å². The van der Waals surface area contributed by atoms with Crippen LogP contribution < -0.4 is 14.9 Å². The Balaban J connectivity index is 2.10. The van der Waals surface area contributed by atoms with Gasteiger partial charge in [0.1, 0.15) is 6.61 Å². The van der Waals surface area contributed by atoms with Gasteiger partial charge < -0.3 is 9.47 Å². The third-order valence-corrected chi connectivity index (χ3v) is 3.04. The number of rotatable bonds is 8. The SMILES string of the molecule is C#CCOc1ccc(/C=N\Nc2cccc([N+](=O)[O-])c2)cc1OCC. The van der Waals surface area contributed by atoms with Crippen LogP contribution in [0.5, 0.6) is 11.5 Å². The zero-order valence-electron chi connectivity index (χ0n) is 13.6. The number of ether oxygens (including phenoxy) is 2. The Bertz CT molecular complexity index is 812. The van der Waals surface area contributed by atoms with Gasteiger partial charge in [0.05, 0.1) is 23.4 Å². The predicted molar refractivity (Wildman–Crippen MR) is 96.3 cm³/mol. The molecule has 25 heavy (non-hydrogen) atoms. The molecule has 2 aromatic carbocycles. The smallest absolute Gasteiger partial charge is 0.271 e. The van der Waals surface area contributed by atoms with E-state index in [1.165, 1.54) is 12.1 Å². The molecular formula is C18H17N3O4. The second-order valence-corrected chi connectivity index (χ2v) is 4.81. The Hall–Kier alpha value is -3.53. The number of hydrogen-bond donors (Lipinski definition) is 1. The first-order chi connectivity index (χ1) is 12.1. The second-order valence-electron chi connectivity index (χ2n) is 4.81. The lowest BCUT2D eigenvalue weighted by atomic mass is 10.2. The number of hydrazone groups is 1. The number of terminal acetylenes is 1. The van der Waals surface area contributed by atoms with Gasteiger partial charge in [-0.25, -0.2) is 0 Å². The molecule has 2 rings (SSSR count). The fraction of sp³-hybridized carbons (Fsp3) is 0.167. The van der Waals surface area contributed by atoms with Crippen LogP contribution >= 0.6 is 0 Å². The van der Waals surface area contributed by atoms with Crippen LogP contribution in [0.25, 0.3) is 0 Å². The monoisotopic (exact) mass is 339 g/mol. The van der Waals surface area contributed by atoms with Crippen LogP contribution in [0.2, 0.25) is 0 Å². The highest BCUT2D eigenvalue weighted by Crippen LogP contribution is 2.28. The van der Waals surface area contributed by atoms with Gasteiger partial charge in [0.15, 0.2) is 11.5 Å². The van der Waals surface area contributed by atoms with Crippen LogP contribution in [-0.2, 0) is 0 Å². The second kappa shape index (κ2) is 8.93. The molecule has 0 atom stereocenters. The lowest BCUT2D eigenvalue weighted by Crippen LogP contribution is -2.00. The highest BCUT2D eigenvalue weighted by Gasteiger charge is 2.06. The van der Waals surface area contributed by atoms with E-state index in [1.807, 2.05) is 6.92 Å². The molecule has 0 aliphatic rings. The summed E-state index contributed by atoms with van der Waals surface area (Å²) in [5.41, 5.74) is 4.04. The predicted octanol–water partition coefficient (Wildman–Crippen LogP) is 3.45. The molecule has 0 aliphatic heterocycles. The minimum absolute atomic E-state index is 0.00570. The van der Waals surface area contributed by atoms with Crippen LogP contribution in [0.1, 0.15) is 12.5 Å². The van der Waals surface area contributed by atoms with Crippen LogP contribution in [0.15, 0.2) is 47.6 Å². The summed E-state index contributed by atoms with van der Waals surface area (Å²) in [6.07, 6.45) is 6.77. The van der Waals surface area contributed by atoms with Crippen molar-refractivity contribution in [1.82, 2.24) is 0 Å². The van der Waals surface area contributed by atoms with E-state index < -0.39 is 4.92 Å². The van der Waals surface area contributed by atoms with Gasteiger partial charge in [-0.1, -0.05) is 12.0 Å². The standard InChI is InChI=1S/C18H17N3O4/c1-3-10-25-17-9-8-14(11-18(17)24-4-2)13-19-20-15-6-5-7-16(12-15)21(22)23/h1,5-9,11-13,20H,4,10H2,2H3/b19-13-. The van der Waals surface area contributed by atoms with Crippen LogP contribution in [0.4, 0.5) is 11.4 Å². The summed E-state index contributed by atoms with van der Waals surface area (Å²) < 4.78 is 10.9. The van der Waals surface area contributed by atoms with Crippen LogP contribution in [-0.4, -0.2) is 24.4 Å². The van der Waals surface area contributed by atoms with Gasteiger partial charge in [0.2, 0.25) is 0 Å². The van der Waals surface area contributed by atoms with Gasteiger partial charge in [0, 0.05) is 12.1 Å². The van der Waals surface area contributed by atoms with E-state index in [4.69, 9.17) is 15.9 Å². The van der Waals surface area contributed by atoms with E-state index in [2.05, 4.69) is 16.4 Å². The van der Waals surface area contributed by atoms with Gasteiger partial charge in [-0.3, -0.25) is 15.5 Å². The Kier molecular flexibility index (Phi) is 6.37. The molecule has 0 fully saturated rings. The van der Waals surface area contributed by atoms with E-state index >= 15 is 0 Å². The summed E-state index contributed by atoms with van der Waals surface area (Å²) in [7, 11) is 0. The maximum Gasteiger partial charge on any atom is 0.271 e. The minimum atomic E-state index is -0.460. The van der Waals surface area contributed by atoms with Crippen molar-refractivity contribution in [3.05, 3.63) is 58.1 Å². The number of anilines is 1. The number of hydrogen-bond acceptors (Lipinski definition) is 6. The number of nitro groups is 1. The summed E-state index contributed by atoms with van der Waals surface area (Å²) in [6.45, 7) is 2.51. The number of nitro benzene ring substituents is 1. The molecule has 0 unspecified atom stereocenters. The molecular weight excluding hydrogens is 322 g/mol. The van der Waals surface area contributed by atoms with E-state index in [9.17, 15) is 10.1 Å². The molecule has 0 aromatic heterocycles. The first-order valence-electron chi connectivity index (χ1n) is 7.50. The Morgan fingerprint density at radius 2 is 2.12 bits per heavy atom. The maximum absolute atomic E-state index is 10.8. The average molecular weight is 339 g/mol. The van der Waals surface area contributed by atoms with E-state index in [0.717, 1.165) is 5.56 Å². The zero-order valence-corrected chi connectivity index (χ0v) is 13.6. The lowest BCUT2D eigenvalue weighted by Gasteiger charge is -2.10. The Labute approximate surface area is 145 Å². The van der Waals surface area contributed by atoms with Crippen molar-refractivity contribution in [1.29, 1.82) is 0 Å².